The minimum absolute atomic E-state index is 0.0885. The van der Waals surface area contributed by atoms with Crippen LogP contribution in [-0.4, -0.2) is 33.4 Å². The molecule has 1 aliphatic rings. The van der Waals surface area contributed by atoms with Gasteiger partial charge in [-0.1, -0.05) is 12.1 Å². The highest BCUT2D eigenvalue weighted by Crippen LogP contribution is 2.35. The number of carbonyl (C=O) groups excluding carboxylic acids is 1. The maximum Gasteiger partial charge on any atom is 0.413 e. The fourth-order valence-corrected chi connectivity index (χ4v) is 3.15. The van der Waals surface area contributed by atoms with Gasteiger partial charge in [0.1, 0.15) is 0 Å². The third-order valence-corrected chi connectivity index (χ3v) is 4.53. The van der Waals surface area contributed by atoms with E-state index in [4.69, 9.17) is 0 Å². The second-order valence-electron chi connectivity index (χ2n) is 6.33. The first-order chi connectivity index (χ1) is 12.7. The van der Waals surface area contributed by atoms with Gasteiger partial charge in [0.2, 0.25) is 0 Å². The van der Waals surface area contributed by atoms with Crippen LogP contribution in [0, 0.1) is 11.6 Å². The molecule has 2 amide bonds. The largest absolute Gasteiger partial charge is 0.413 e. The summed E-state index contributed by atoms with van der Waals surface area (Å²) in [4.78, 5) is 13.7. The van der Waals surface area contributed by atoms with E-state index >= 15 is 0 Å². The first-order valence-corrected chi connectivity index (χ1v) is 8.24. The van der Waals surface area contributed by atoms with Crippen LogP contribution in [0.25, 0.3) is 0 Å². The number of hydrogen-bond donors (Lipinski definition) is 1. The van der Waals surface area contributed by atoms with Crippen LogP contribution in [0.3, 0.4) is 0 Å². The number of hydrogen-bond acceptors (Lipinski definition) is 2. The van der Waals surface area contributed by atoms with Crippen molar-refractivity contribution in [3.05, 3.63) is 52.9 Å². The molecule has 146 valence electrons. The smallest absolute Gasteiger partial charge is 0.322 e. The van der Waals surface area contributed by atoms with Crippen molar-refractivity contribution in [2.45, 2.75) is 31.6 Å². The van der Waals surface area contributed by atoms with Gasteiger partial charge in [0.05, 0.1) is 12.7 Å². The molecule has 1 aromatic carbocycles. The molecular weight excluding hydrogens is 371 g/mol. The average Bonchev–Trinajstić information content (AvgIpc) is 2.81. The standard InChI is InChI=1S/C17H17F5N4O/c1-25-13-6-3-7-26(9-10(13)8-23-25)16(27)24-15(17(20,21)22)11-4-2-5-12(18)14(11)19/h2,4-5,8,15H,3,6-7,9H2,1H3,(H,24,27). The summed E-state index contributed by atoms with van der Waals surface area (Å²) in [5.74, 6) is -3.05. The Kier molecular flexibility index (Phi) is 5.07. The number of halogens is 5. The third kappa shape index (κ3) is 3.88. The molecule has 0 saturated heterocycles. The van der Waals surface area contributed by atoms with Crippen LogP contribution in [-0.2, 0) is 20.0 Å². The molecule has 1 aliphatic heterocycles. The predicted octanol–water partition coefficient (Wildman–Crippen LogP) is 3.46. The molecular formula is C17H17F5N4O. The van der Waals surface area contributed by atoms with Crippen molar-refractivity contribution in [2.24, 2.45) is 7.05 Å². The van der Waals surface area contributed by atoms with Crippen molar-refractivity contribution >= 4 is 6.03 Å². The summed E-state index contributed by atoms with van der Waals surface area (Å²) in [5, 5.41) is 5.89. The zero-order valence-corrected chi connectivity index (χ0v) is 14.4. The normalized spacial score (nSPS) is 15.9. The first-order valence-electron chi connectivity index (χ1n) is 8.24. The Bertz CT molecular complexity index is 848. The number of nitrogens with one attached hydrogen (secondary N) is 1. The van der Waals surface area contributed by atoms with Crippen LogP contribution >= 0.6 is 0 Å². The lowest BCUT2D eigenvalue weighted by molar-refractivity contribution is -0.156. The number of nitrogens with zero attached hydrogens (tertiary/aromatic N) is 3. The monoisotopic (exact) mass is 388 g/mol. The van der Waals surface area contributed by atoms with Gasteiger partial charge in [-0.25, -0.2) is 13.6 Å². The van der Waals surface area contributed by atoms with Gasteiger partial charge in [-0.2, -0.15) is 18.3 Å². The number of rotatable bonds is 2. The maximum atomic E-state index is 13.9. The van der Waals surface area contributed by atoms with Crippen molar-refractivity contribution < 1.29 is 26.7 Å². The number of amides is 2. The van der Waals surface area contributed by atoms with Crippen molar-refractivity contribution in [1.29, 1.82) is 0 Å². The van der Waals surface area contributed by atoms with E-state index in [0.29, 0.717) is 18.9 Å². The second-order valence-corrected chi connectivity index (χ2v) is 6.33. The predicted molar refractivity (Wildman–Crippen MR) is 85.6 cm³/mol. The fourth-order valence-electron chi connectivity index (χ4n) is 3.15. The average molecular weight is 388 g/mol. The van der Waals surface area contributed by atoms with Gasteiger partial charge in [-0.3, -0.25) is 4.68 Å². The van der Waals surface area contributed by atoms with Crippen LogP contribution in [0.15, 0.2) is 24.4 Å². The zero-order chi connectivity index (χ0) is 19.8. The number of benzene rings is 1. The van der Waals surface area contributed by atoms with E-state index in [9.17, 15) is 26.7 Å². The molecule has 5 nitrogen and oxygen atoms in total. The summed E-state index contributed by atoms with van der Waals surface area (Å²) < 4.78 is 69.2. The van der Waals surface area contributed by atoms with E-state index in [2.05, 4.69) is 5.10 Å². The Morgan fingerprint density at radius 2 is 2.04 bits per heavy atom. The highest BCUT2D eigenvalue weighted by molar-refractivity contribution is 5.75. The van der Waals surface area contributed by atoms with Crippen LogP contribution in [0.4, 0.5) is 26.7 Å². The molecule has 0 saturated carbocycles. The number of urea groups is 1. The van der Waals surface area contributed by atoms with E-state index in [1.54, 1.807) is 23.2 Å². The van der Waals surface area contributed by atoms with Gasteiger partial charge >= 0.3 is 12.2 Å². The fraction of sp³-hybridized carbons (Fsp3) is 0.412. The SMILES string of the molecule is Cn1ncc2c1CCCN(C(=O)NC(c1cccc(F)c1F)C(F)(F)F)C2. The highest BCUT2D eigenvalue weighted by atomic mass is 19.4. The molecule has 10 heteroatoms. The van der Waals surface area contributed by atoms with Crippen LogP contribution < -0.4 is 5.32 Å². The highest BCUT2D eigenvalue weighted by Gasteiger charge is 2.44. The number of carbonyl (C=O) groups is 1. The minimum atomic E-state index is -4.99. The molecule has 0 fully saturated rings. The number of aryl methyl sites for hydroxylation is 1. The van der Waals surface area contributed by atoms with Crippen molar-refractivity contribution in [2.75, 3.05) is 6.54 Å². The molecule has 0 aliphatic carbocycles. The Hall–Kier alpha value is -2.65. The van der Waals surface area contributed by atoms with Crippen molar-refractivity contribution in [3.8, 4) is 0 Å². The molecule has 2 aromatic rings. The zero-order valence-electron chi connectivity index (χ0n) is 14.4. The van der Waals surface area contributed by atoms with Gasteiger partial charge in [-0.15, -0.1) is 0 Å². The molecule has 0 radical (unpaired) electrons. The molecule has 27 heavy (non-hydrogen) atoms. The Morgan fingerprint density at radius 3 is 2.74 bits per heavy atom. The van der Waals surface area contributed by atoms with E-state index in [0.717, 1.165) is 23.4 Å². The number of aromatic nitrogens is 2. The number of fused-ring (bicyclic) bond motifs is 1. The number of alkyl halides is 3. The lowest BCUT2D eigenvalue weighted by Gasteiger charge is -2.27. The van der Waals surface area contributed by atoms with Gasteiger partial charge in [0, 0.05) is 30.4 Å². The van der Waals surface area contributed by atoms with E-state index in [1.807, 2.05) is 0 Å². The van der Waals surface area contributed by atoms with Crippen LogP contribution in [0.5, 0.6) is 0 Å². The minimum Gasteiger partial charge on any atom is -0.322 e. The summed E-state index contributed by atoms with van der Waals surface area (Å²) in [5.41, 5.74) is 0.687. The van der Waals surface area contributed by atoms with Gasteiger partial charge in [-0.05, 0) is 18.9 Å². The van der Waals surface area contributed by atoms with Crippen molar-refractivity contribution in [3.63, 3.8) is 0 Å². The molecule has 2 heterocycles. The van der Waals surface area contributed by atoms with E-state index in [1.165, 1.54) is 4.90 Å². The molecule has 1 N–H and O–H groups in total. The summed E-state index contributed by atoms with van der Waals surface area (Å²) in [6, 6.07) is -1.17. The first kappa shape index (κ1) is 19.1. The van der Waals surface area contributed by atoms with Crippen LogP contribution in [0.2, 0.25) is 0 Å². The molecule has 0 spiro atoms. The molecule has 1 atom stereocenters. The summed E-state index contributed by atoms with van der Waals surface area (Å²) in [6.45, 7) is 0.321. The summed E-state index contributed by atoms with van der Waals surface area (Å²) in [7, 11) is 1.75. The summed E-state index contributed by atoms with van der Waals surface area (Å²) in [6.07, 6.45) is -2.24. The quantitative estimate of drug-likeness (QED) is 0.802. The van der Waals surface area contributed by atoms with Gasteiger partial charge in [0.25, 0.3) is 0 Å². The Morgan fingerprint density at radius 1 is 1.30 bits per heavy atom. The lowest BCUT2D eigenvalue weighted by atomic mass is 10.1. The molecule has 0 bridgehead atoms. The Labute approximate surface area is 151 Å². The second kappa shape index (κ2) is 7.16. The van der Waals surface area contributed by atoms with E-state index in [-0.39, 0.29) is 13.1 Å². The summed E-state index contributed by atoms with van der Waals surface area (Å²) >= 11 is 0. The third-order valence-electron chi connectivity index (χ3n) is 4.53. The van der Waals surface area contributed by atoms with Crippen LogP contribution in [0.1, 0.15) is 29.3 Å². The maximum absolute atomic E-state index is 13.9. The van der Waals surface area contributed by atoms with Gasteiger partial charge in [0.15, 0.2) is 17.7 Å². The topological polar surface area (TPSA) is 50.2 Å². The van der Waals surface area contributed by atoms with Gasteiger partial charge < -0.3 is 10.2 Å². The molecule has 1 aromatic heterocycles. The Balaban J connectivity index is 1.84. The molecule has 1 unspecified atom stereocenters. The van der Waals surface area contributed by atoms with E-state index < -0.39 is 35.4 Å². The van der Waals surface area contributed by atoms with Crippen molar-refractivity contribution in [1.82, 2.24) is 20.0 Å². The molecule has 3 rings (SSSR count). The lowest BCUT2D eigenvalue weighted by Crippen LogP contribution is -2.46.